The topological polar surface area (TPSA) is 53.5 Å². The Hall–Kier alpha value is -3.70. The lowest BCUT2D eigenvalue weighted by atomic mass is 9.83. The first-order chi connectivity index (χ1) is 21.4. The Balaban J connectivity index is 0.000000835. The molecular formula is C37H52F3N3O+2. The van der Waals surface area contributed by atoms with Crippen molar-refractivity contribution < 1.29 is 28.6 Å². The van der Waals surface area contributed by atoms with Crippen molar-refractivity contribution in [3.63, 3.8) is 0 Å². The monoisotopic (exact) mass is 611 g/mol. The van der Waals surface area contributed by atoms with Crippen molar-refractivity contribution in [2.75, 3.05) is 33.2 Å². The van der Waals surface area contributed by atoms with Gasteiger partial charge in [0.25, 0.3) is 0 Å². The van der Waals surface area contributed by atoms with E-state index in [9.17, 15) is 18.0 Å². The minimum Gasteiger partial charge on any atom is -0.345 e. The van der Waals surface area contributed by atoms with Gasteiger partial charge in [-0.05, 0) is 30.9 Å². The summed E-state index contributed by atoms with van der Waals surface area (Å²) < 4.78 is 40.5. The lowest BCUT2D eigenvalue weighted by Gasteiger charge is -2.30. The maximum absolute atomic E-state index is 13.5. The van der Waals surface area contributed by atoms with E-state index in [4.69, 9.17) is 0 Å². The number of carbonyl (C=O) groups excluding carboxylic acids is 1. The molecule has 3 fully saturated rings. The van der Waals surface area contributed by atoms with Crippen molar-refractivity contribution in [3.05, 3.63) is 71.3 Å². The van der Waals surface area contributed by atoms with Gasteiger partial charge in [-0.2, -0.15) is 13.2 Å². The van der Waals surface area contributed by atoms with Crippen LogP contribution >= 0.6 is 0 Å². The number of hydrogen-bond acceptors (Lipinski definition) is 1. The quantitative estimate of drug-likeness (QED) is 0.444. The smallest absolute Gasteiger partial charge is 0.345 e. The van der Waals surface area contributed by atoms with E-state index >= 15 is 0 Å². The number of likely N-dealkylation sites (tertiary alicyclic amines) is 1. The summed E-state index contributed by atoms with van der Waals surface area (Å²) in [5.74, 6) is -0.263. The van der Waals surface area contributed by atoms with E-state index in [1.165, 1.54) is 44.6 Å². The summed E-state index contributed by atoms with van der Waals surface area (Å²) >= 11 is 0. The lowest BCUT2D eigenvalue weighted by molar-refractivity contribution is -0.643. The fourth-order valence-corrected chi connectivity index (χ4v) is 5.84. The van der Waals surface area contributed by atoms with Crippen LogP contribution in [0.15, 0.2) is 54.6 Å². The van der Waals surface area contributed by atoms with Gasteiger partial charge in [0.2, 0.25) is 5.91 Å². The fraction of sp³-hybridized carbons (Fsp3) is 0.486. The first-order valence-corrected chi connectivity index (χ1v) is 15.5. The zero-order chi connectivity index (χ0) is 33.2. The molecule has 1 saturated carbocycles. The van der Waals surface area contributed by atoms with E-state index in [-0.39, 0.29) is 24.3 Å². The van der Waals surface area contributed by atoms with E-state index in [0.29, 0.717) is 24.2 Å². The van der Waals surface area contributed by atoms with Crippen LogP contribution in [0.25, 0.3) is 0 Å². The highest BCUT2D eigenvalue weighted by Crippen LogP contribution is 2.37. The van der Waals surface area contributed by atoms with Crippen LogP contribution in [0.2, 0.25) is 0 Å². The lowest BCUT2D eigenvalue weighted by Crippen LogP contribution is -2.81. The van der Waals surface area contributed by atoms with Gasteiger partial charge in [-0.3, -0.25) is 4.79 Å². The van der Waals surface area contributed by atoms with Crippen LogP contribution in [0.5, 0.6) is 0 Å². The predicted molar refractivity (Wildman–Crippen MR) is 175 cm³/mol. The summed E-state index contributed by atoms with van der Waals surface area (Å²) in [6.45, 7) is 3.15. The number of nitrogens with two attached hydrogens (primary N) is 2. The Morgan fingerprint density at radius 3 is 1.66 bits per heavy atom. The molecule has 0 spiro atoms. The van der Waals surface area contributed by atoms with E-state index in [1.54, 1.807) is 18.4 Å². The van der Waals surface area contributed by atoms with Gasteiger partial charge in [-0.15, -0.1) is 38.5 Å². The number of terminal acetylenes is 3. The van der Waals surface area contributed by atoms with Crippen molar-refractivity contribution in [3.8, 4) is 38.5 Å². The van der Waals surface area contributed by atoms with Gasteiger partial charge in [-0.25, -0.2) is 0 Å². The number of benzene rings is 2. The van der Waals surface area contributed by atoms with Crippen LogP contribution < -0.4 is 10.6 Å². The molecule has 2 aliphatic heterocycles. The molecule has 7 heteroatoms. The highest BCUT2D eigenvalue weighted by molar-refractivity contribution is 5.80. The van der Waals surface area contributed by atoms with E-state index in [0.717, 1.165) is 38.4 Å². The summed E-state index contributed by atoms with van der Waals surface area (Å²) in [5.41, 5.74) is 0.463. The number of rotatable bonds is 4. The number of quaternary nitrogens is 2. The SMILES string of the molecule is C#C.C#C.C#C.C1CCCCC1.C[NH2+]Cc1c([C@@H]2C[NH2+]CC2C(=O)N2CCCCC2)cccc1C(F)(F)F.c1ccccc1. The van der Waals surface area contributed by atoms with Crippen LogP contribution in [-0.2, 0) is 17.5 Å². The Labute approximate surface area is 264 Å². The minimum absolute atomic E-state index is 0.118. The number of alkyl halides is 3. The van der Waals surface area contributed by atoms with Crippen molar-refractivity contribution in [1.82, 2.24) is 4.90 Å². The first kappa shape index (κ1) is 40.3. The molecule has 1 amide bonds. The van der Waals surface area contributed by atoms with Gasteiger partial charge in [0.15, 0.2) is 0 Å². The van der Waals surface area contributed by atoms with Crippen molar-refractivity contribution in [2.45, 2.75) is 76.4 Å². The number of nitrogens with zero attached hydrogens (tertiary/aromatic N) is 1. The number of piperidine rings is 1. The number of amides is 1. The maximum atomic E-state index is 13.5. The van der Waals surface area contributed by atoms with Crippen LogP contribution in [0.4, 0.5) is 13.2 Å². The summed E-state index contributed by atoms with van der Waals surface area (Å²) in [7, 11) is 1.77. The third kappa shape index (κ3) is 14.2. The van der Waals surface area contributed by atoms with Gasteiger partial charge in [-0.1, -0.05) is 87.1 Å². The third-order valence-electron chi connectivity index (χ3n) is 7.80. The van der Waals surface area contributed by atoms with Crippen molar-refractivity contribution in [2.24, 2.45) is 5.92 Å². The highest BCUT2D eigenvalue weighted by Gasteiger charge is 2.43. The molecule has 0 radical (unpaired) electrons. The summed E-state index contributed by atoms with van der Waals surface area (Å²) in [5, 5.41) is 3.82. The summed E-state index contributed by atoms with van der Waals surface area (Å²) in [4.78, 5) is 14.9. The molecule has 0 aromatic heterocycles. The Bertz CT molecular complexity index is 1020. The zero-order valence-electron chi connectivity index (χ0n) is 26.4. The summed E-state index contributed by atoms with van der Waals surface area (Å²) in [6, 6.07) is 16.4. The maximum Gasteiger partial charge on any atom is 0.416 e. The Morgan fingerprint density at radius 2 is 1.23 bits per heavy atom. The van der Waals surface area contributed by atoms with E-state index in [1.807, 2.05) is 41.3 Å². The van der Waals surface area contributed by atoms with Gasteiger partial charge in [0, 0.05) is 18.7 Å². The number of carbonyl (C=O) groups is 1. The van der Waals surface area contributed by atoms with Crippen LogP contribution in [0.3, 0.4) is 0 Å². The van der Waals surface area contributed by atoms with Crippen molar-refractivity contribution >= 4 is 5.91 Å². The predicted octanol–water partition coefficient (Wildman–Crippen LogP) is 5.46. The molecule has 2 aromatic rings. The van der Waals surface area contributed by atoms with Gasteiger partial charge < -0.3 is 15.5 Å². The molecule has 240 valence electrons. The minimum atomic E-state index is -4.37. The normalized spacial score (nSPS) is 18.7. The molecular weight excluding hydrogens is 559 g/mol. The van der Waals surface area contributed by atoms with Crippen LogP contribution in [0.1, 0.15) is 80.4 Å². The summed E-state index contributed by atoms with van der Waals surface area (Å²) in [6.07, 6.45) is 31.8. The molecule has 4 N–H and O–H groups in total. The molecule has 1 aliphatic carbocycles. The first-order valence-electron chi connectivity index (χ1n) is 15.5. The molecule has 3 aliphatic rings. The number of hydrogen-bond donors (Lipinski definition) is 2. The Morgan fingerprint density at radius 1 is 0.773 bits per heavy atom. The third-order valence-corrected chi connectivity index (χ3v) is 7.80. The van der Waals surface area contributed by atoms with Gasteiger partial charge in [0.05, 0.1) is 37.5 Å². The van der Waals surface area contributed by atoms with Crippen LogP contribution in [-0.4, -0.2) is 44.0 Å². The number of halogens is 3. The molecule has 5 rings (SSSR count). The van der Waals surface area contributed by atoms with E-state index < -0.39 is 11.7 Å². The molecule has 0 bridgehead atoms. The molecule has 1 unspecified atom stereocenters. The Kier molecular flexibility index (Phi) is 22.6. The van der Waals surface area contributed by atoms with Crippen molar-refractivity contribution in [1.29, 1.82) is 0 Å². The van der Waals surface area contributed by atoms with E-state index in [2.05, 4.69) is 43.9 Å². The molecule has 2 saturated heterocycles. The fourth-order valence-electron chi connectivity index (χ4n) is 5.84. The second kappa shape index (κ2) is 24.7. The molecule has 2 atom stereocenters. The zero-order valence-corrected chi connectivity index (χ0v) is 26.4. The average Bonchev–Trinajstić information content (AvgIpc) is 3.59. The van der Waals surface area contributed by atoms with Gasteiger partial charge >= 0.3 is 6.18 Å². The average molecular weight is 612 g/mol. The van der Waals surface area contributed by atoms with Crippen LogP contribution in [0, 0.1) is 44.5 Å². The highest BCUT2D eigenvalue weighted by atomic mass is 19.4. The molecule has 2 heterocycles. The second-order valence-electron chi connectivity index (χ2n) is 10.6. The molecule has 2 aromatic carbocycles. The second-order valence-corrected chi connectivity index (χ2v) is 10.6. The standard InChI is InChI=1S/C19H26F3N3O.C6H12.C6H6.3C2H2/c1-23-10-15-13(6-5-7-17(15)19(20,21)22)14-11-24-12-16(14)18(26)25-8-3-2-4-9-25;2*1-2-4-6-5-3-1;3*1-2/h5-7,14,16,23-24H,2-4,8-12H2,1H3;1-6H2;1-6H;3*1-2H/p+2/t14-,16?;;;;;/m0...../s1. The largest absolute Gasteiger partial charge is 0.416 e. The van der Waals surface area contributed by atoms with Gasteiger partial charge in [0.1, 0.15) is 6.54 Å². The molecule has 44 heavy (non-hydrogen) atoms. The molecule has 4 nitrogen and oxygen atoms in total.